The van der Waals surface area contributed by atoms with Crippen LogP contribution >= 0.6 is 0 Å². The van der Waals surface area contributed by atoms with Crippen molar-refractivity contribution in [2.75, 3.05) is 59.5 Å². The number of piperidine rings is 2. The maximum absolute atomic E-state index is 14.5. The first-order chi connectivity index (χ1) is 27.3. The molecule has 0 saturated carbocycles. The summed E-state index contributed by atoms with van der Waals surface area (Å²) in [4.78, 5) is 62.5. The summed E-state index contributed by atoms with van der Waals surface area (Å²) in [6.07, 6.45) is 2.22. The van der Waals surface area contributed by atoms with Crippen LogP contribution in [0.3, 0.4) is 0 Å². The number of fused-ring (bicyclic) bond motifs is 1. The number of imide groups is 1. The molecule has 3 aliphatic rings. The number of imidazole rings is 1. The Bertz CT molecular complexity index is 1980. The second-order valence-corrected chi connectivity index (χ2v) is 23.8. The van der Waals surface area contributed by atoms with Gasteiger partial charge in [-0.1, -0.05) is 39.0 Å². The van der Waals surface area contributed by atoms with Gasteiger partial charge in [0.25, 0.3) is 5.91 Å². The minimum absolute atomic E-state index is 0.0247. The predicted octanol–water partition coefficient (Wildman–Crippen LogP) is 6.49. The van der Waals surface area contributed by atoms with Gasteiger partial charge in [-0.25, -0.2) is 9.59 Å². The number of aromatic nitrogens is 2. The highest BCUT2D eigenvalue weighted by Gasteiger charge is 2.39. The van der Waals surface area contributed by atoms with Gasteiger partial charge in [0, 0.05) is 65.3 Å². The molecule has 0 bridgehead atoms. The first-order valence-electron chi connectivity index (χ1n) is 21.1. The van der Waals surface area contributed by atoms with E-state index in [-0.39, 0.29) is 48.0 Å². The van der Waals surface area contributed by atoms with E-state index in [1.165, 1.54) is 4.90 Å². The van der Waals surface area contributed by atoms with E-state index in [9.17, 15) is 19.2 Å². The Morgan fingerprint density at radius 3 is 2.05 bits per heavy atom. The maximum atomic E-state index is 14.5. The largest absolute Gasteiger partial charge is 0.497 e. The molecular formula is C44H66N6O7Si. The van der Waals surface area contributed by atoms with Gasteiger partial charge >= 0.3 is 11.8 Å². The molecule has 1 atom stereocenters. The number of hydrogen-bond acceptors (Lipinski definition) is 9. The Morgan fingerprint density at radius 2 is 1.43 bits per heavy atom. The average Bonchev–Trinajstić information content (AvgIpc) is 3.43. The predicted molar refractivity (Wildman–Crippen MR) is 228 cm³/mol. The Morgan fingerprint density at radius 1 is 0.793 bits per heavy atom. The summed E-state index contributed by atoms with van der Waals surface area (Å²) in [6.45, 7) is 24.8. The van der Waals surface area contributed by atoms with Crippen LogP contribution in [0, 0.1) is 5.92 Å². The van der Waals surface area contributed by atoms with Crippen LogP contribution in [0.4, 0.5) is 4.79 Å². The lowest BCUT2D eigenvalue weighted by Gasteiger charge is -2.39. The second-order valence-electron chi connectivity index (χ2n) is 18.9. The number of piperazine rings is 1. The van der Waals surface area contributed by atoms with Gasteiger partial charge in [-0.05, 0) is 99.5 Å². The van der Waals surface area contributed by atoms with E-state index < -0.39 is 20.0 Å². The van der Waals surface area contributed by atoms with E-state index >= 15 is 0 Å². The molecule has 3 saturated heterocycles. The van der Waals surface area contributed by atoms with Crippen LogP contribution in [0.15, 0.2) is 47.3 Å². The lowest BCUT2D eigenvalue weighted by Crippen LogP contribution is -2.49. The summed E-state index contributed by atoms with van der Waals surface area (Å²) in [5, 5.41) is 0.0247. The highest BCUT2D eigenvalue weighted by Crippen LogP contribution is 2.37. The standard InChI is InChI=1S/C44H66N6O7Si/c1-43(2,3)57-42(54)47-20-18-33(19-21-47)29-45-22-24-46(25-23-45)30-34-12-15-36-38(28-34)48(26-27-56-58(8,9)44(4,5)6)41(53)50(36)37-16-17-39(51)49(40(37)52)31-32-10-13-35(55-7)14-11-32/h10-15,28,33,37H,16-27,29-31H2,1-9H3. The molecule has 318 valence electrons. The van der Waals surface area contributed by atoms with E-state index in [0.717, 1.165) is 81.8 Å². The van der Waals surface area contributed by atoms with Gasteiger partial charge < -0.3 is 23.7 Å². The molecule has 0 radical (unpaired) electrons. The lowest BCUT2D eigenvalue weighted by molar-refractivity contribution is -0.151. The Hall–Kier alpha value is -3.98. The number of rotatable bonds is 12. The smallest absolute Gasteiger partial charge is 0.410 e. The molecule has 6 rings (SSSR count). The number of hydrogen-bond donors (Lipinski definition) is 0. The summed E-state index contributed by atoms with van der Waals surface area (Å²) in [7, 11) is -0.480. The molecule has 4 heterocycles. The highest BCUT2D eigenvalue weighted by atomic mass is 28.4. The third-order valence-electron chi connectivity index (χ3n) is 12.6. The second kappa shape index (κ2) is 17.7. The van der Waals surface area contributed by atoms with Crippen molar-refractivity contribution in [3.8, 4) is 5.75 Å². The van der Waals surface area contributed by atoms with Gasteiger partial charge in [0.15, 0.2) is 8.32 Å². The van der Waals surface area contributed by atoms with Crippen molar-refractivity contribution in [1.82, 2.24) is 28.7 Å². The zero-order chi connectivity index (χ0) is 42.0. The van der Waals surface area contributed by atoms with Crippen LogP contribution in [0.2, 0.25) is 18.1 Å². The molecule has 3 amide bonds. The highest BCUT2D eigenvalue weighted by molar-refractivity contribution is 6.74. The van der Waals surface area contributed by atoms with Crippen molar-refractivity contribution >= 4 is 37.3 Å². The van der Waals surface area contributed by atoms with Crippen molar-refractivity contribution in [1.29, 1.82) is 0 Å². The van der Waals surface area contributed by atoms with Crippen molar-refractivity contribution < 1.29 is 28.3 Å². The van der Waals surface area contributed by atoms with Crippen molar-refractivity contribution in [2.24, 2.45) is 5.92 Å². The summed E-state index contributed by atoms with van der Waals surface area (Å²) in [6, 6.07) is 12.7. The van der Waals surface area contributed by atoms with Gasteiger partial charge in [-0.2, -0.15) is 0 Å². The monoisotopic (exact) mass is 818 g/mol. The molecule has 14 heteroatoms. The Kier molecular flexibility index (Phi) is 13.3. The van der Waals surface area contributed by atoms with E-state index in [2.05, 4.69) is 55.8 Å². The van der Waals surface area contributed by atoms with Crippen LogP contribution < -0.4 is 10.4 Å². The summed E-state index contributed by atoms with van der Waals surface area (Å²) >= 11 is 0. The Balaban J connectivity index is 1.15. The van der Waals surface area contributed by atoms with Crippen molar-refractivity contribution in [3.63, 3.8) is 0 Å². The number of ether oxygens (including phenoxy) is 2. The van der Waals surface area contributed by atoms with Gasteiger partial charge in [-0.15, -0.1) is 0 Å². The molecule has 3 aromatic rings. The van der Waals surface area contributed by atoms with Gasteiger partial charge in [0.1, 0.15) is 17.4 Å². The summed E-state index contributed by atoms with van der Waals surface area (Å²) in [5.74, 6) is 0.670. The van der Waals surface area contributed by atoms with Crippen LogP contribution in [0.25, 0.3) is 11.0 Å². The summed E-state index contributed by atoms with van der Waals surface area (Å²) in [5.41, 5.74) is 2.66. The lowest BCUT2D eigenvalue weighted by atomic mass is 9.96. The van der Waals surface area contributed by atoms with E-state index in [1.54, 1.807) is 16.2 Å². The first-order valence-corrected chi connectivity index (χ1v) is 24.0. The average molecular weight is 819 g/mol. The number of methoxy groups -OCH3 is 1. The van der Waals surface area contributed by atoms with Crippen LogP contribution in [0.5, 0.6) is 5.75 Å². The normalized spacial score (nSPS) is 19.6. The molecule has 13 nitrogen and oxygen atoms in total. The van der Waals surface area contributed by atoms with E-state index in [1.807, 2.05) is 56.0 Å². The molecule has 0 aliphatic carbocycles. The minimum Gasteiger partial charge on any atom is -0.497 e. The molecule has 0 N–H and O–H groups in total. The molecule has 3 fully saturated rings. The zero-order valence-electron chi connectivity index (χ0n) is 36.3. The number of benzene rings is 2. The Labute approximate surface area is 345 Å². The fourth-order valence-electron chi connectivity index (χ4n) is 8.07. The molecule has 0 spiro atoms. The molecule has 1 unspecified atom stereocenters. The quantitative estimate of drug-likeness (QED) is 0.149. The van der Waals surface area contributed by atoms with Crippen LogP contribution in [-0.2, 0) is 38.4 Å². The zero-order valence-corrected chi connectivity index (χ0v) is 37.3. The van der Waals surface area contributed by atoms with Gasteiger partial charge in [-0.3, -0.25) is 28.5 Å². The molecule has 58 heavy (non-hydrogen) atoms. The number of likely N-dealkylation sites (tertiary alicyclic amines) is 2. The fourth-order valence-corrected chi connectivity index (χ4v) is 9.10. The topological polar surface area (TPSA) is 119 Å². The van der Waals surface area contributed by atoms with Crippen molar-refractivity contribution in [3.05, 3.63) is 64.1 Å². The molecule has 2 aromatic carbocycles. The number of carbonyl (C=O) groups excluding carboxylic acids is 3. The minimum atomic E-state index is -2.08. The summed E-state index contributed by atoms with van der Waals surface area (Å²) < 4.78 is 20.8. The third-order valence-corrected chi connectivity index (χ3v) is 17.1. The van der Waals surface area contributed by atoms with E-state index in [0.29, 0.717) is 30.3 Å². The van der Waals surface area contributed by atoms with Crippen LogP contribution in [-0.4, -0.2) is 120 Å². The van der Waals surface area contributed by atoms with Gasteiger partial charge in [0.2, 0.25) is 5.91 Å². The number of nitrogens with zero attached hydrogens (tertiary/aromatic N) is 6. The van der Waals surface area contributed by atoms with E-state index in [4.69, 9.17) is 13.9 Å². The van der Waals surface area contributed by atoms with Gasteiger partial charge in [0.05, 0.1) is 31.3 Å². The van der Waals surface area contributed by atoms with Crippen molar-refractivity contribution in [2.45, 2.75) is 117 Å². The number of carbonyl (C=O) groups is 3. The maximum Gasteiger partial charge on any atom is 0.410 e. The molecule has 1 aromatic heterocycles. The van der Waals surface area contributed by atoms with Crippen LogP contribution in [0.1, 0.15) is 84.4 Å². The molecular weight excluding hydrogens is 753 g/mol. The first kappa shape index (κ1) is 43.6. The third kappa shape index (κ3) is 10.2. The SMILES string of the molecule is COc1ccc(CN2C(=O)CCC(n3c(=O)n(CCO[Si](C)(C)C(C)(C)C)c4cc(CN5CCN(CC6CCN(C(=O)OC(C)(C)C)CC6)CC5)ccc43)C2=O)cc1. The molecule has 3 aliphatic heterocycles. The number of amides is 3. The fraction of sp³-hybridized carbons (Fsp3) is 0.636.